The van der Waals surface area contributed by atoms with Crippen LogP contribution >= 0.6 is 11.3 Å². The number of anilines is 1. The molecule has 0 atom stereocenters. The van der Waals surface area contributed by atoms with Gasteiger partial charge in [0.2, 0.25) is 6.79 Å². The highest BCUT2D eigenvalue weighted by molar-refractivity contribution is 7.18. The van der Waals surface area contributed by atoms with Gasteiger partial charge in [-0.1, -0.05) is 13.0 Å². The number of ether oxygens (including phenoxy) is 2. The molecule has 1 fully saturated rings. The summed E-state index contributed by atoms with van der Waals surface area (Å²) in [6.07, 6.45) is 4.84. The Labute approximate surface area is 190 Å². The van der Waals surface area contributed by atoms with Crippen LogP contribution in [0, 0.1) is 5.92 Å². The number of aliphatic carboxylic acids is 1. The van der Waals surface area contributed by atoms with Gasteiger partial charge >= 0.3 is 5.97 Å². The third kappa shape index (κ3) is 4.24. The molecular formula is C24H27N3O4S. The van der Waals surface area contributed by atoms with Crippen molar-refractivity contribution in [2.75, 3.05) is 18.7 Å². The Balaban J connectivity index is 1.34. The molecule has 1 aliphatic carbocycles. The van der Waals surface area contributed by atoms with Crippen molar-refractivity contribution in [3.05, 3.63) is 40.5 Å². The van der Waals surface area contributed by atoms with Crippen LogP contribution in [0.25, 0.3) is 10.2 Å². The van der Waals surface area contributed by atoms with Gasteiger partial charge in [0.1, 0.15) is 16.5 Å². The van der Waals surface area contributed by atoms with E-state index in [-0.39, 0.29) is 18.6 Å². The largest absolute Gasteiger partial charge is 0.481 e. The Kier molecular flexibility index (Phi) is 5.87. The van der Waals surface area contributed by atoms with E-state index in [0.717, 1.165) is 65.6 Å². The fourth-order valence-corrected chi connectivity index (χ4v) is 5.47. The summed E-state index contributed by atoms with van der Waals surface area (Å²) in [7, 11) is 0. The zero-order valence-electron chi connectivity index (χ0n) is 18.1. The van der Waals surface area contributed by atoms with E-state index in [0.29, 0.717) is 12.8 Å². The molecule has 2 N–H and O–H groups in total. The van der Waals surface area contributed by atoms with E-state index in [1.165, 1.54) is 10.4 Å². The smallest absolute Gasteiger partial charge is 0.306 e. The minimum atomic E-state index is -0.684. The fraction of sp³-hybridized carbons (Fsp3) is 0.458. The van der Waals surface area contributed by atoms with Crippen molar-refractivity contribution in [1.29, 1.82) is 0 Å². The number of hydrogen-bond acceptors (Lipinski definition) is 7. The second-order valence-corrected chi connectivity index (χ2v) is 9.58. The number of fused-ring (bicyclic) bond motifs is 2. The number of thiophene rings is 1. The predicted molar refractivity (Wildman–Crippen MR) is 124 cm³/mol. The highest BCUT2D eigenvalue weighted by atomic mass is 32.1. The summed E-state index contributed by atoms with van der Waals surface area (Å²) < 4.78 is 10.9. The Morgan fingerprint density at radius 2 is 1.97 bits per heavy atom. The van der Waals surface area contributed by atoms with E-state index in [9.17, 15) is 9.90 Å². The summed E-state index contributed by atoms with van der Waals surface area (Å²) in [5.41, 5.74) is 1.18. The number of carbonyl (C=O) groups is 1. The molecule has 3 heterocycles. The van der Waals surface area contributed by atoms with Gasteiger partial charge in [-0.05, 0) is 62.3 Å². The van der Waals surface area contributed by atoms with Gasteiger partial charge in [0, 0.05) is 17.3 Å². The minimum Gasteiger partial charge on any atom is -0.481 e. The van der Waals surface area contributed by atoms with Gasteiger partial charge in [-0.2, -0.15) is 0 Å². The second-order valence-electron chi connectivity index (χ2n) is 8.47. The lowest BCUT2D eigenvalue weighted by Crippen LogP contribution is -2.21. The first-order valence-electron chi connectivity index (χ1n) is 11.3. The average molecular weight is 454 g/mol. The molecule has 0 spiro atoms. The van der Waals surface area contributed by atoms with E-state index in [1.807, 2.05) is 12.1 Å². The summed E-state index contributed by atoms with van der Waals surface area (Å²) >= 11 is 1.72. The maximum atomic E-state index is 11.3. The highest BCUT2D eigenvalue weighted by Gasteiger charge is 2.29. The number of carboxylic acid groups (broad SMARTS) is 1. The molecule has 0 unspecified atom stereocenters. The van der Waals surface area contributed by atoms with Gasteiger partial charge in [0.05, 0.1) is 11.3 Å². The van der Waals surface area contributed by atoms with Crippen LogP contribution in [0.5, 0.6) is 11.5 Å². The fourth-order valence-electron chi connectivity index (χ4n) is 4.50. The normalized spacial score (nSPS) is 19.9. The first-order valence-corrected chi connectivity index (χ1v) is 12.1. The number of benzene rings is 1. The topological polar surface area (TPSA) is 93.6 Å². The van der Waals surface area contributed by atoms with E-state index in [2.05, 4.69) is 24.4 Å². The predicted octanol–water partition coefficient (Wildman–Crippen LogP) is 5.00. The van der Waals surface area contributed by atoms with Crippen LogP contribution in [0.15, 0.2) is 24.3 Å². The van der Waals surface area contributed by atoms with Gasteiger partial charge in [0.15, 0.2) is 11.5 Å². The van der Waals surface area contributed by atoms with Crippen LogP contribution in [0.1, 0.15) is 54.8 Å². The molecule has 0 bridgehead atoms. The van der Waals surface area contributed by atoms with E-state index in [1.54, 1.807) is 11.3 Å². The maximum Gasteiger partial charge on any atom is 0.306 e. The molecule has 5 rings (SSSR count). The number of nitrogens with one attached hydrogen (secondary N) is 1. The first-order chi connectivity index (χ1) is 15.6. The summed E-state index contributed by atoms with van der Waals surface area (Å²) in [4.78, 5) is 23.4. The van der Waals surface area contributed by atoms with Crippen molar-refractivity contribution >= 4 is 33.3 Å². The van der Waals surface area contributed by atoms with Crippen molar-refractivity contribution in [3.8, 4) is 11.5 Å². The molecule has 0 saturated heterocycles. The SMILES string of the molecule is CCc1cc2c(NCCc3ccc4c(c3)OCO4)nc(C3CCC(C(=O)O)CC3)nc2s1. The zero-order valence-corrected chi connectivity index (χ0v) is 18.9. The van der Waals surface area contributed by atoms with E-state index >= 15 is 0 Å². The van der Waals surface area contributed by atoms with Gasteiger partial charge in [-0.25, -0.2) is 9.97 Å². The van der Waals surface area contributed by atoms with Crippen molar-refractivity contribution in [2.45, 2.75) is 51.4 Å². The number of nitrogens with zero attached hydrogens (tertiary/aromatic N) is 2. The van der Waals surface area contributed by atoms with E-state index < -0.39 is 5.97 Å². The summed E-state index contributed by atoms with van der Waals surface area (Å²) in [6, 6.07) is 8.25. The van der Waals surface area contributed by atoms with Crippen molar-refractivity contribution in [2.24, 2.45) is 5.92 Å². The Hall–Kier alpha value is -2.87. The molecule has 8 heteroatoms. The standard InChI is InChI=1S/C24H27N3O4S/c1-2-17-12-18-22(25-10-9-14-3-8-19-20(11-14)31-13-30-19)26-21(27-23(18)32-17)15-4-6-16(7-5-15)24(28)29/h3,8,11-12,15-16H,2,4-7,9-10,13H2,1H3,(H,28,29)(H,25,26,27). The van der Waals surface area contributed by atoms with Crippen LogP contribution < -0.4 is 14.8 Å². The Bertz CT molecular complexity index is 1140. The second kappa shape index (κ2) is 8.94. The van der Waals surface area contributed by atoms with Gasteiger partial charge in [-0.15, -0.1) is 11.3 Å². The molecule has 168 valence electrons. The highest BCUT2D eigenvalue weighted by Crippen LogP contribution is 2.37. The molecule has 0 amide bonds. The molecular weight excluding hydrogens is 426 g/mol. The molecule has 0 radical (unpaired) electrons. The first kappa shape index (κ1) is 21.0. The molecule has 1 aliphatic heterocycles. The lowest BCUT2D eigenvalue weighted by molar-refractivity contribution is -0.142. The molecule has 2 aliphatic rings. The molecule has 2 aromatic heterocycles. The van der Waals surface area contributed by atoms with E-state index in [4.69, 9.17) is 19.4 Å². The monoisotopic (exact) mass is 453 g/mol. The Morgan fingerprint density at radius 1 is 1.16 bits per heavy atom. The third-order valence-corrected chi connectivity index (χ3v) is 7.57. The lowest BCUT2D eigenvalue weighted by Gasteiger charge is -2.25. The average Bonchev–Trinajstić information content (AvgIpc) is 3.45. The van der Waals surface area contributed by atoms with Crippen molar-refractivity contribution in [3.63, 3.8) is 0 Å². The number of aryl methyl sites for hydroxylation is 1. The zero-order chi connectivity index (χ0) is 22.1. The molecule has 1 saturated carbocycles. The van der Waals surface area contributed by atoms with Gasteiger partial charge in [-0.3, -0.25) is 4.79 Å². The number of carboxylic acids is 1. The quantitative estimate of drug-likeness (QED) is 0.520. The van der Waals surface area contributed by atoms with Gasteiger partial charge in [0.25, 0.3) is 0 Å². The molecule has 3 aromatic rings. The third-order valence-electron chi connectivity index (χ3n) is 6.39. The number of aromatic nitrogens is 2. The van der Waals surface area contributed by atoms with Crippen molar-refractivity contribution < 1.29 is 19.4 Å². The number of hydrogen-bond donors (Lipinski definition) is 2. The van der Waals surface area contributed by atoms with Crippen molar-refractivity contribution in [1.82, 2.24) is 9.97 Å². The van der Waals surface area contributed by atoms with Crippen LogP contribution in [0.3, 0.4) is 0 Å². The molecule has 1 aromatic carbocycles. The molecule has 32 heavy (non-hydrogen) atoms. The summed E-state index contributed by atoms with van der Waals surface area (Å²) in [5, 5.41) is 13.9. The summed E-state index contributed by atoms with van der Waals surface area (Å²) in [5.74, 6) is 2.62. The maximum absolute atomic E-state index is 11.3. The lowest BCUT2D eigenvalue weighted by atomic mass is 9.81. The molecule has 7 nitrogen and oxygen atoms in total. The Morgan fingerprint density at radius 3 is 2.75 bits per heavy atom. The van der Waals surface area contributed by atoms with Crippen LogP contribution in [0.4, 0.5) is 5.82 Å². The minimum absolute atomic E-state index is 0.219. The van der Waals surface area contributed by atoms with Crippen LogP contribution in [-0.4, -0.2) is 34.4 Å². The summed E-state index contributed by atoms with van der Waals surface area (Å²) in [6.45, 7) is 3.18. The van der Waals surface area contributed by atoms with Crippen LogP contribution in [0.2, 0.25) is 0 Å². The number of rotatable bonds is 7. The van der Waals surface area contributed by atoms with Gasteiger partial charge < -0.3 is 19.9 Å². The van der Waals surface area contributed by atoms with Crippen LogP contribution in [-0.2, 0) is 17.6 Å².